The first-order valence-electron chi connectivity index (χ1n) is 19.2. The predicted molar refractivity (Wildman–Crippen MR) is 219 cm³/mol. The minimum atomic E-state index is -2.84. The maximum absolute atomic E-state index is 9.77. The second kappa shape index (κ2) is 18.0. The van der Waals surface area contributed by atoms with Gasteiger partial charge >= 0.3 is 0 Å². The third-order valence-electron chi connectivity index (χ3n) is 11.3. The van der Waals surface area contributed by atoms with Crippen molar-refractivity contribution in [3.8, 4) is 0 Å². The van der Waals surface area contributed by atoms with Crippen LogP contribution in [0.4, 0.5) is 0 Å². The van der Waals surface area contributed by atoms with Crippen LogP contribution in [0.5, 0.6) is 0 Å². The van der Waals surface area contributed by atoms with Gasteiger partial charge in [0.2, 0.25) is 0 Å². The Hall–Kier alpha value is -3.44. The predicted octanol–water partition coefficient (Wildman–Crippen LogP) is 9.38. The molecule has 0 spiro atoms. The normalized spacial score (nSPS) is 28.9. The van der Waals surface area contributed by atoms with E-state index in [4.69, 9.17) is 23.4 Å². The van der Waals surface area contributed by atoms with Gasteiger partial charge in [-0.15, -0.1) is 0 Å². The van der Waals surface area contributed by atoms with Crippen LogP contribution < -0.4 is 10.4 Å². The van der Waals surface area contributed by atoms with Gasteiger partial charge in [-0.2, -0.15) is 0 Å². The van der Waals surface area contributed by atoms with Gasteiger partial charge in [0.15, 0.2) is 6.29 Å². The number of ether oxygens (including phenoxy) is 4. The molecule has 0 N–H and O–H groups in total. The van der Waals surface area contributed by atoms with Crippen molar-refractivity contribution in [2.24, 2.45) is 22.9 Å². The number of nitrogens with zero attached hydrogens (tertiary/aromatic N) is 3. The number of hydrogen-bond acceptors (Lipinski definition) is 7. The van der Waals surface area contributed by atoms with Crippen molar-refractivity contribution in [2.45, 2.75) is 107 Å². The Morgan fingerprint density at radius 1 is 0.722 bits per heavy atom. The zero-order valence-electron chi connectivity index (χ0n) is 32.5. The molecule has 2 saturated heterocycles. The van der Waals surface area contributed by atoms with Crippen molar-refractivity contribution in [1.82, 2.24) is 0 Å². The largest absolute Gasteiger partial charge is 0.405 e. The lowest BCUT2D eigenvalue weighted by Crippen LogP contribution is -2.67. The maximum Gasteiger partial charge on any atom is 0.261 e. The Morgan fingerprint density at radius 2 is 1.28 bits per heavy atom. The first kappa shape index (κ1) is 40.2. The summed E-state index contributed by atoms with van der Waals surface area (Å²) >= 11 is 1.70. The molecule has 2 aliphatic rings. The van der Waals surface area contributed by atoms with Gasteiger partial charge in [-0.25, -0.2) is 0 Å². The zero-order valence-corrected chi connectivity index (χ0v) is 34.3. The molecule has 10 atom stereocenters. The number of rotatable bonds is 13. The fourth-order valence-corrected chi connectivity index (χ4v) is 13.8. The van der Waals surface area contributed by atoms with Crippen LogP contribution in [0.15, 0.2) is 131 Å². The van der Waals surface area contributed by atoms with Gasteiger partial charge in [-0.3, -0.25) is 0 Å². The van der Waals surface area contributed by atoms with E-state index in [0.717, 1.165) is 10.5 Å². The fourth-order valence-electron chi connectivity index (χ4n) is 8.02. The molecule has 0 aliphatic carbocycles. The summed E-state index contributed by atoms with van der Waals surface area (Å²) in [6.45, 7) is 16.1. The average molecular weight is 766 g/mol. The highest BCUT2D eigenvalue weighted by molar-refractivity contribution is 7.99. The molecule has 10 heteroatoms. The van der Waals surface area contributed by atoms with E-state index in [9.17, 15) is 5.53 Å². The van der Waals surface area contributed by atoms with Gasteiger partial charge in [0, 0.05) is 15.7 Å². The smallest absolute Gasteiger partial charge is 0.261 e. The van der Waals surface area contributed by atoms with E-state index < -0.39 is 26.8 Å². The lowest BCUT2D eigenvalue weighted by atomic mass is 9.82. The Balaban J connectivity index is 1.29. The quantitative estimate of drug-likeness (QED) is 0.0583. The van der Waals surface area contributed by atoms with Gasteiger partial charge in [-0.05, 0) is 57.4 Å². The second-order valence-corrected chi connectivity index (χ2v) is 21.3. The zero-order chi connectivity index (χ0) is 38.3. The average Bonchev–Trinajstić information content (AvgIpc) is 3.18. The molecule has 4 aromatic carbocycles. The van der Waals surface area contributed by atoms with Crippen molar-refractivity contribution in [3.63, 3.8) is 0 Å². The number of benzene rings is 4. The summed E-state index contributed by atoms with van der Waals surface area (Å²) in [5.74, 6) is -0.0590. The molecular weight excluding hydrogens is 711 g/mol. The Kier molecular flexibility index (Phi) is 13.4. The number of thioether (sulfide) groups is 1. The molecule has 2 heterocycles. The van der Waals surface area contributed by atoms with E-state index in [1.807, 2.05) is 43.3 Å². The Bertz CT molecular complexity index is 1760. The topological polar surface area (TPSA) is 94.9 Å². The molecule has 4 unspecified atom stereocenters. The highest BCUT2D eigenvalue weighted by atomic mass is 32.2. The SMILES string of the molecule is CC1O[C@@H](Sc2ccccc2)C(C)[C@H](OCc2ccccc2)[C@@H]1O[C@H]1OC(CO[Si](c2ccccc2)(c2ccccc2)C(C)(C)C)[C@@H](C)[C@H](C)C1N=[N+]=[N-]. The number of hydrogen-bond donors (Lipinski definition) is 0. The lowest BCUT2D eigenvalue weighted by Gasteiger charge is -2.49. The third-order valence-corrected chi connectivity index (χ3v) is 17.6. The van der Waals surface area contributed by atoms with Gasteiger partial charge in [-0.1, -0.05) is 168 Å². The van der Waals surface area contributed by atoms with Crippen LogP contribution in [0.25, 0.3) is 10.4 Å². The van der Waals surface area contributed by atoms with E-state index >= 15 is 0 Å². The molecule has 0 saturated carbocycles. The molecule has 54 heavy (non-hydrogen) atoms. The maximum atomic E-state index is 9.77. The summed E-state index contributed by atoms with van der Waals surface area (Å²) in [7, 11) is -2.84. The molecule has 0 bridgehead atoms. The van der Waals surface area contributed by atoms with E-state index in [0.29, 0.717) is 13.2 Å². The Morgan fingerprint density at radius 3 is 1.83 bits per heavy atom. The van der Waals surface area contributed by atoms with Crippen LogP contribution >= 0.6 is 11.8 Å². The van der Waals surface area contributed by atoms with Crippen LogP contribution in [0.2, 0.25) is 5.04 Å². The second-order valence-electron chi connectivity index (χ2n) is 15.8. The molecule has 286 valence electrons. The highest BCUT2D eigenvalue weighted by Crippen LogP contribution is 2.43. The van der Waals surface area contributed by atoms with Crippen LogP contribution in [-0.2, 0) is 30.0 Å². The molecule has 6 rings (SSSR count). The summed E-state index contributed by atoms with van der Waals surface area (Å²) in [6, 6.07) is 41.2. The lowest BCUT2D eigenvalue weighted by molar-refractivity contribution is -0.297. The summed E-state index contributed by atoms with van der Waals surface area (Å²) in [6.07, 6.45) is -2.30. The van der Waals surface area contributed by atoms with Gasteiger partial charge in [0.05, 0.1) is 37.6 Å². The monoisotopic (exact) mass is 765 g/mol. The first-order valence-corrected chi connectivity index (χ1v) is 21.9. The minimum absolute atomic E-state index is 0.0225. The van der Waals surface area contributed by atoms with Crippen molar-refractivity contribution in [3.05, 3.63) is 137 Å². The fraction of sp³-hybridized carbons (Fsp3) is 0.455. The van der Waals surface area contributed by atoms with Crippen LogP contribution in [0.3, 0.4) is 0 Å². The van der Waals surface area contributed by atoms with Gasteiger partial charge in [0.1, 0.15) is 11.5 Å². The summed E-state index contributed by atoms with van der Waals surface area (Å²) in [5.41, 5.74) is 10.7. The summed E-state index contributed by atoms with van der Waals surface area (Å²) in [4.78, 5) is 4.40. The minimum Gasteiger partial charge on any atom is -0.405 e. The molecule has 4 aromatic rings. The Labute approximate surface area is 326 Å². The van der Waals surface area contributed by atoms with Crippen LogP contribution in [-0.4, -0.2) is 57.1 Å². The molecule has 8 nitrogen and oxygen atoms in total. The molecule has 0 aromatic heterocycles. The third kappa shape index (κ3) is 8.82. The van der Waals surface area contributed by atoms with E-state index in [1.165, 1.54) is 10.4 Å². The van der Waals surface area contributed by atoms with E-state index in [1.54, 1.807) is 11.8 Å². The highest BCUT2D eigenvalue weighted by Gasteiger charge is 2.53. The summed E-state index contributed by atoms with van der Waals surface area (Å²) < 4.78 is 34.8. The number of azide groups is 1. The van der Waals surface area contributed by atoms with Crippen molar-refractivity contribution in [2.75, 3.05) is 6.61 Å². The van der Waals surface area contributed by atoms with Crippen molar-refractivity contribution < 1.29 is 23.4 Å². The van der Waals surface area contributed by atoms with Crippen molar-refractivity contribution in [1.29, 1.82) is 0 Å². The summed E-state index contributed by atoms with van der Waals surface area (Å²) in [5, 5.41) is 6.52. The standard InChI is InChI=1S/C44H55N3O5SSi/c1-30-31(2)39(46-47-45)42(51-38(30)29-49-54(44(5,6)7,36-24-16-10-17-25-36)37-26-18-11-19-27-37)52-41-33(4)50-43(53-35-22-14-9-15-23-35)32(3)40(41)48-28-34-20-12-8-13-21-34/h8-27,30-33,38-43H,28-29H2,1-7H3/t30-,31-,32?,33?,38?,39?,40-,41+,42+,43-/m0/s1. The van der Waals surface area contributed by atoms with E-state index in [-0.39, 0.29) is 46.5 Å². The van der Waals surface area contributed by atoms with Crippen molar-refractivity contribution >= 4 is 30.5 Å². The van der Waals surface area contributed by atoms with E-state index in [2.05, 4.69) is 136 Å². The molecule has 0 radical (unpaired) electrons. The van der Waals surface area contributed by atoms with Crippen LogP contribution in [0, 0.1) is 17.8 Å². The molecular formula is C44H55N3O5SSi. The first-order chi connectivity index (χ1) is 26.0. The molecule has 0 amide bonds. The molecule has 2 aliphatic heterocycles. The van der Waals surface area contributed by atoms with Gasteiger partial charge < -0.3 is 23.4 Å². The van der Waals surface area contributed by atoms with Gasteiger partial charge in [0.25, 0.3) is 8.32 Å². The molecule has 2 fully saturated rings. The van der Waals surface area contributed by atoms with Crippen LogP contribution in [0.1, 0.15) is 54.0 Å².